The Morgan fingerprint density at radius 2 is 1.85 bits per heavy atom. The van der Waals surface area contributed by atoms with Crippen molar-refractivity contribution >= 4 is 27.3 Å². The number of benzene rings is 2. The first-order valence-electron chi connectivity index (χ1n) is 6.80. The third-order valence-electron chi connectivity index (χ3n) is 3.75. The fraction of sp³-hybridized carbons (Fsp3) is 0.294. The predicted octanol–water partition coefficient (Wildman–Crippen LogP) is 4.81. The molecule has 0 saturated carbocycles. The fourth-order valence-corrected chi connectivity index (χ4v) is 3.02. The molecule has 0 amide bonds. The summed E-state index contributed by atoms with van der Waals surface area (Å²) in [7, 11) is 4.08. The molecule has 0 radical (unpaired) electrons. The average Bonchev–Trinajstić information content (AvgIpc) is 2.46. The third kappa shape index (κ3) is 3.05. The Hall–Kier alpha value is -1.32. The predicted molar refractivity (Wildman–Crippen MR) is 90.9 cm³/mol. The topological polar surface area (TPSA) is 15.3 Å². The molecule has 20 heavy (non-hydrogen) atoms. The molecule has 1 atom stereocenters. The summed E-state index contributed by atoms with van der Waals surface area (Å²) in [6.45, 7) is 4.29. The van der Waals surface area contributed by atoms with Crippen LogP contribution in [0.2, 0.25) is 0 Å². The van der Waals surface area contributed by atoms with Crippen LogP contribution in [0.15, 0.2) is 46.9 Å². The summed E-state index contributed by atoms with van der Waals surface area (Å²) < 4.78 is 1.14. The highest BCUT2D eigenvalue weighted by molar-refractivity contribution is 9.10. The molecule has 0 saturated heterocycles. The molecule has 2 nitrogen and oxygen atoms in total. The van der Waals surface area contributed by atoms with E-state index < -0.39 is 0 Å². The van der Waals surface area contributed by atoms with Gasteiger partial charge in [0.1, 0.15) is 0 Å². The van der Waals surface area contributed by atoms with Crippen LogP contribution in [0.3, 0.4) is 0 Å². The first-order valence-corrected chi connectivity index (χ1v) is 7.60. The summed E-state index contributed by atoms with van der Waals surface area (Å²) in [5.41, 5.74) is 4.96. The molecule has 0 fully saturated rings. The van der Waals surface area contributed by atoms with Gasteiger partial charge in [0, 0.05) is 28.9 Å². The highest BCUT2D eigenvalue weighted by atomic mass is 79.9. The van der Waals surface area contributed by atoms with Crippen LogP contribution < -0.4 is 10.2 Å². The average molecular weight is 333 g/mol. The second-order valence-corrected chi connectivity index (χ2v) is 5.92. The van der Waals surface area contributed by atoms with Gasteiger partial charge >= 0.3 is 0 Å². The van der Waals surface area contributed by atoms with E-state index in [-0.39, 0.29) is 0 Å². The molecule has 106 valence electrons. The molecule has 0 spiro atoms. The van der Waals surface area contributed by atoms with Gasteiger partial charge in [-0.05, 0) is 50.2 Å². The van der Waals surface area contributed by atoms with E-state index in [1.165, 1.54) is 22.5 Å². The smallest absolute Gasteiger partial charge is 0.0437 e. The van der Waals surface area contributed by atoms with Gasteiger partial charge in [-0.25, -0.2) is 0 Å². The molecule has 2 rings (SSSR count). The Bertz CT molecular complexity index is 595. The Morgan fingerprint density at radius 3 is 2.45 bits per heavy atom. The van der Waals surface area contributed by atoms with Gasteiger partial charge in [-0.2, -0.15) is 0 Å². The molecule has 0 aliphatic heterocycles. The maximum atomic E-state index is 3.68. The lowest BCUT2D eigenvalue weighted by molar-refractivity contribution is 0.649. The first-order chi connectivity index (χ1) is 9.54. The molecule has 0 heterocycles. The number of hydrogen-bond acceptors (Lipinski definition) is 2. The minimum atomic E-state index is 0.335. The van der Waals surface area contributed by atoms with Gasteiger partial charge in [0.05, 0.1) is 0 Å². The summed E-state index contributed by atoms with van der Waals surface area (Å²) in [4.78, 5) is 2.22. The van der Waals surface area contributed by atoms with Crippen molar-refractivity contribution in [2.45, 2.75) is 19.9 Å². The van der Waals surface area contributed by atoms with E-state index in [9.17, 15) is 0 Å². The first kappa shape index (κ1) is 15.1. The largest absolute Gasteiger partial charge is 0.344 e. The van der Waals surface area contributed by atoms with Crippen LogP contribution in [0.25, 0.3) is 0 Å². The molecular weight excluding hydrogens is 312 g/mol. The summed E-state index contributed by atoms with van der Waals surface area (Å²) in [6.07, 6.45) is 0. The van der Waals surface area contributed by atoms with Gasteiger partial charge in [-0.15, -0.1) is 0 Å². The van der Waals surface area contributed by atoms with Crippen LogP contribution in [0.5, 0.6) is 0 Å². The quantitative estimate of drug-likeness (QED) is 0.864. The molecule has 0 aromatic heterocycles. The minimum Gasteiger partial charge on any atom is -0.344 e. The van der Waals surface area contributed by atoms with Gasteiger partial charge in [-0.3, -0.25) is 0 Å². The molecule has 0 aliphatic carbocycles. The Kier molecular flexibility index (Phi) is 4.84. The number of rotatable bonds is 4. The van der Waals surface area contributed by atoms with Crippen molar-refractivity contribution in [3.63, 3.8) is 0 Å². The van der Waals surface area contributed by atoms with Crippen LogP contribution in [-0.4, -0.2) is 14.1 Å². The van der Waals surface area contributed by atoms with E-state index in [4.69, 9.17) is 0 Å². The van der Waals surface area contributed by atoms with Crippen molar-refractivity contribution in [2.24, 2.45) is 0 Å². The van der Waals surface area contributed by atoms with Crippen molar-refractivity contribution in [1.82, 2.24) is 5.32 Å². The second-order valence-electron chi connectivity index (χ2n) is 5.06. The zero-order valence-corrected chi connectivity index (χ0v) is 14.0. The van der Waals surface area contributed by atoms with Crippen LogP contribution in [0.1, 0.15) is 24.1 Å². The molecular formula is C17H21BrN2. The molecule has 0 aliphatic rings. The van der Waals surface area contributed by atoms with Gasteiger partial charge in [0.25, 0.3) is 0 Å². The van der Waals surface area contributed by atoms with E-state index in [2.05, 4.69) is 89.5 Å². The SMILES string of the molecule is CNC(C)c1ccc(N(C)c2ccccc2C)cc1Br. The zero-order chi connectivity index (χ0) is 14.7. The van der Waals surface area contributed by atoms with Crippen LogP contribution in [0, 0.1) is 6.92 Å². The maximum Gasteiger partial charge on any atom is 0.0437 e. The third-order valence-corrected chi connectivity index (χ3v) is 4.43. The molecule has 2 aromatic rings. The van der Waals surface area contributed by atoms with E-state index in [1.54, 1.807) is 0 Å². The maximum absolute atomic E-state index is 3.68. The highest BCUT2D eigenvalue weighted by Gasteiger charge is 2.11. The summed E-state index contributed by atoms with van der Waals surface area (Å²) in [6, 6.07) is 15.3. The van der Waals surface area contributed by atoms with Crippen molar-refractivity contribution in [1.29, 1.82) is 0 Å². The normalized spacial score (nSPS) is 12.2. The number of aryl methyl sites for hydroxylation is 1. The number of hydrogen-bond donors (Lipinski definition) is 1. The van der Waals surface area contributed by atoms with E-state index >= 15 is 0 Å². The van der Waals surface area contributed by atoms with Crippen molar-refractivity contribution in [3.05, 3.63) is 58.1 Å². The lowest BCUT2D eigenvalue weighted by Gasteiger charge is -2.23. The van der Waals surface area contributed by atoms with E-state index in [1.807, 2.05) is 7.05 Å². The van der Waals surface area contributed by atoms with Gasteiger partial charge < -0.3 is 10.2 Å². The highest BCUT2D eigenvalue weighted by Crippen LogP contribution is 2.32. The minimum absolute atomic E-state index is 0.335. The lowest BCUT2D eigenvalue weighted by Crippen LogP contribution is -2.14. The lowest BCUT2D eigenvalue weighted by atomic mass is 10.1. The van der Waals surface area contributed by atoms with Crippen LogP contribution >= 0.6 is 15.9 Å². The molecule has 3 heteroatoms. The number of anilines is 2. The van der Waals surface area contributed by atoms with Gasteiger partial charge in [0.15, 0.2) is 0 Å². The molecule has 2 aromatic carbocycles. The Morgan fingerprint density at radius 1 is 1.15 bits per heavy atom. The number of nitrogens with one attached hydrogen (secondary N) is 1. The second kappa shape index (κ2) is 6.42. The van der Waals surface area contributed by atoms with Crippen LogP contribution in [0.4, 0.5) is 11.4 Å². The Labute approximate surface area is 129 Å². The van der Waals surface area contributed by atoms with Crippen molar-refractivity contribution in [2.75, 3.05) is 19.0 Å². The molecule has 1 N–H and O–H groups in total. The number of para-hydroxylation sites is 1. The number of nitrogens with zero attached hydrogens (tertiary/aromatic N) is 1. The van der Waals surface area contributed by atoms with Gasteiger partial charge in [-0.1, -0.05) is 40.2 Å². The van der Waals surface area contributed by atoms with E-state index in [0.29, 0.717) is 6.04 Å². The van der Waals surface area contributed by atoms with Gasteiger partial charge in [0.2, 0.25) is 0 Å². The van der Waals surface area contributed by atoms with Crippen molar-refractivity contribution < 1.29 is 0 Å². The van der Waals surface area contributed by atoms with E-state index in [0.717, 1.165) is 4.47 Å². The van der Waals surface area contributed by atoms with Crippen molar-refractivity contribution in [3.8, 4) is 0 Å². The molecule has 1 unspecified atom stereocenters. The summed E-state index contributed by atoms with van der Waals surface area (Å²) in [5.74, 6) is 0. The number of halogens is 1. The zero-order valence-electron chi connectivity index (χ0n) is 12.4. The van der Waals surface area contributed by atoms with Crippen LogP contribution in [-0.2, 0) is 0 Å². The summed E-state index contributed by atoms with van der Waals surface area (Å²) in [5, 5.41) is 3.27. The summed E-state index contributed by atoms with van der Waals surface area (Å²) >= 11 is 3.68. The standard InChI is InChI=1S/C17H21BrN2/c1-12-7-5-6-8-17(12)20(4)14-9-10-15(13(2)19-3)16(18)11-14/h5-11,13,19H,1-4H3. The fourth-order valence-electron chi connectivity index (χ4n) is 2.31. The Balaban J connectivity index is 2.35. The monoisotopic (exact) mass is 332 g/mol. The molecule has 0 bridgehead atoms.